The Labute approximate surface area is 145 Å². The van der Waals surface area contributed by atoms with Crippen molar-refractivity contribution in [3.63, 3.8) is 0 Å². The summed E-state index contributed by atoms with van der Waals surface area (Å²) in [5.41, 5.74) is 0.700. The predicted molar refractivity (Wildman–Crippen MR) is 94.4 cm³/mol. The largest absolute Gasteiger partial charge is 0.497 e. The van der Waals surface area contributed by atoms with E-state index in [-0.39, 0.29) is 11.2 Å². The summed E-state index contributed by atoms with van der Waals surface area (Å²) in [4.78, 5) is 13.4. The fraction of sp³-hybridized carbons (Fsp3) is 0.278. The molecule has 5 nitrogen and oxygen atoms in total. The van der Waals surface area contributed by atoms with Crippen molar-refractivity contribution >= 4 is 23.4 Å². The lowest BCUT2D eigenvalue weighted by molar-refractivity contribution is -0.115. The molecule has 1 aliphatic heterocycles. The molecule has 3 rings (SSSR count). The van der Waals surface area contributed by atoms with E-state index in [1.807, 2.05) is 43.3 Å². The Morgan fingerprint density at radius 3 is 2.54 bits per heavy atom. The van der Waals surface area contributed by atoms with Crippen LogP contribution in [0.2, 0.25) is 0 Å². The molecule has 6 heteroatoms. The first kappa shape index (κ1) is 16.5. The Bertz CT molecular complexity index is 717. The van der Waals surface area contributed by atoms with Crippen LogP contribution in [0.4, 0.5) is 5.69 Å². The number of rotatable bonds is 5. The quantitative estimate of drug-likeness (QED) is 0.840. The standard InChI is InChI=1S/C18H19NO4S/c1-12(24-15-6-4-14(21-2)5-7-15)18(20)19-13-3-8-16-17(11-13)23-10-9-22-16/h3-8,11-12H,9-10H2,1-2H3,(H,19,20)/t12-/m1/s1. The highest BCUT2D eigenvalue weighted by Crippen LogP contribution is 2.33. The number of amides is 1. The molecule has 0 spiro atoms. The number of benzene rings is 2. The molecule has 0 unspecified atom stereocenters. The lowest BCUT2D eigenvalue weighted by Crippen LogP contribution is -2.22. The first-order chi connectivity index (χ1) is 11.7. The van der Waals surface area contributed by atoms with Gasteiger partial charge in [0, 0.05) is 16.6 Å². The molecule has 1 atom stereocenters. The first-order valence-electron chi connectivity index (χ1n) is 7.67. The highest BCUT2D eigenvalue weighted by atomic mass is 32.2. The number of anilines is 1. The van der Waals surface area contributed by atoms with Crippen molar-refractivity contribution in [2.24, 2.45) is 0 Å². The summed E-state index contributed by atoms with van der Waals surface area (Å²) in [6, 6.07) is 13.1. The molecule has 0 aliphatic carbocycles. The van der Waals surface area contributed by atoms with Gasteiger partial charge in [-0.25, -0.2) is 0 Å². The van der Waals surface area contributed by atoms with Gasteiger partial charge < -0.3 is 19.5 Å². The molecule has 0 aromatic heterocycles. The molecule has 2 aromatic rings. The van der Waals surface area contributed by atoms with Gasteiger partial charge in [0.25, 0.3) is 0 Å². The number of hydrogen-bond acceptors (Lipinski definition) is 5. The lowest BCUT2D eigenvalue weighted by atomic mass is 10.2. The third-order valence-corrected chi connectivity index (χ3v) is 4.66. The topological polar surface area (TPSA) is 56.8 Å². The number of methoxy groups -OCH3 is 1. The monoisotopic (exact) mass is 345 g/mol. The molecule has 0 radical (unpaired) electrons. The van der Waals surface area contributed by atoms with Crippen molar-refractivity contribution in [3.8, 4) is 17.2 Å². The van der Waals surface area contributed by atoms with Crippen LogP contribution in [0.1, 0.15) is 6.92 Å². The summed E-state index contributed by atoms with van der Waals surface area (Å²) in [7, 11) is 1.63. The van der Waals surface area contributed by atoms with Crippen LogP contribution in [0, 0.1) is 0 Å². The van der Waals surface area contributed by atoms with Gasteiger partial charge in [-0.1, -0.05) is 0 Å². The van der Waals surface area contributed by atoms with Crippen LogP contribution in [0.25, 0.3) is 0 Å². The summed E-state index contributed by atoms with van der Waals surface area (Å²) >= 11 is 1.50. The Kier molecular flexibility index (Phi) is 5.15. The molecular weight excluding hydrogens is 326 g/mol. The van der Waals surface area contributed by atoms with Crippen molar-refractivity contribution < 1.29 is 19.0 Å². The number of fused-ring (bicyclic) bond motifs is 1. The van der Waals surface area contributed by atoms with Gasteiger partial charge in [0.2, 0.25) is 5.91 Å². The average Bonchev–Trinajstić information content (AvgIpc) is 2.62. The van der Waals surface area contributed by atoms with E-state index in [2.05, 4.69) is 5.32 Å². The van der Waals surface area contributed by atoms with E-state index in [0.29, 0.717) is 30.4 Å². The molecule has 0 saturated carbocycles. The molecule has 1 heterocycles. The molecule has 0 saturated heterocycles. The normalized spacial score (nSPS) is 13.9. The Morgan fingerprint density at radius 1 is 1.12 bits per heavy atom. The SMILES string of the molecule is COc1ccc(S[C@H](C)C(=O)Nc2ccc3c(c2)OCCO3)cc1. The Morgan fingerprint density at radius 2 is 1.83 bits per heavy atom. The van der Waals surface area contributed by atoms with Crippen LogP contribution in [0.5, 0.6) is 17.2 Å². The second kappa shape index (κ2) is 7.49. The third kappa shape index (κ3) is 3.94. The zero-order valence-corrected chi connectivity index (χ0v) is 14.4. The minimum absolute atomic E-state index is 0.0625. The minimum Gasteiger partial charge on any atom is -0.497 e. The highest BCUT2D eigenvalue weighted by Gasteiger charge is 2.17. The number of carbonyl (C=O) groups is 1. The van der Waals surface area contributed by atoms with Gasteiger partial charge in [0.1, 0.15) is 19.0 Å². The van der Waals surface area contributed by atoms with E-state index in [1.165, 1.54) is 11.8 Å². The predicted octanol–water partition coefficient (Wildman–Crippen LogP) is 3.59. The number of nitrogens with one attached hydrogen (secondary N) is 1. The van der Waals surface area contributed by atoms with Gasteiger partial charge in [0.15, 0.2) is 11.5 Å². The highest BCUT2D eigenvalue weighted by molar-refractivity contribution is 8.00. The molecule has 2 aromatic carbocycles. The summed E-state index contributed by atoms with van der Waals surface area (Å²) in [6.07, 6.45) is 0. The third-order valence-electron chi connectivity index (χ3n) is 3.55. The number of ether oxygens (including phenoxy) is 3. The zero-order chi connectivity index (χ0) is 16.9. The van der Waals surface area contributed by atoms with Crippen LogP contribution in [-0.2, 0) is 4.79 Å². The second-order valence-corrected chi connectivity index (χ2v) is 6.70. The molecule has 1 aliphatic rings. The van der Waals surface area contributed by atoms with Gasteiger partial charge in [-0.05, 0) is 43.3 Å². The molecular formula is C18H19NO4S. The molecule has 0 fully saturated rings. The fourth-order valence-electron chi connectivity index (χ4n) is 2.28. The molecule has 1 N–H and O–H groups in total. The maximum atomic E-state index is 12.4. The summed E-state index contributed by atoms with van der Waals surface area (Å²) in [5, 5.41) is 2.68. The van der Waals surface area contributed by atoms with Crippen molar-refractivity contribution in [2.75, 3.05) is 25.6 Å². The molecule has 0 bridgehead atoms. The van der Waals surface area contributed by atoms with Gasteiger partial charge >= 0.3 is 0 Å². The summed E-state index contributed by atoms with van der Waals surface area (Å²) in [6.45, 7) is 2.95. The van der Waals surface area contributed by atoms with E-state index in [0.717, 1.165) is 10.6 Å². The van der Waals surface area contributed by atoms with Gasteiger partial charge in [-0.15, -0.1) is 11.8 Å². The zero-order valence-electron chi connectivity index (χ0n) is 13.6. The summed E-state index contributed by atoms with van der Waals surface area (Å²) in [5.74, 6) is 2.11. The van der Waals surface area contributed by atoms with Gasteiger partial charge in [0.05, 0.1) is 12.4 Å². The molecule has 24 heavy (non-hydrogen) atoms. The van der Waals surface area contributed by atoms with Crippen molar-refractivity contribution in [1.82, 2.24) is 0 Å². The van der Waals surface area contributed by atoms with Crippen LogP contribution < -0.4 is 19.5 Å². The minimum atomic E-state index is -0.230. The van der Waals surface area contributed by atoms with E-state index < -0.39 is 0 Å². The van der Waals surface area contributed by atoms with E-state index in [9.17, 15) is 4.79 Å². The number of thioether (sulfide) groups is 1. The van der Waals surface area contributed by atoms with E-state index in [1.54, 1.807) is 13.2 Å². The van der Waals surface area contributed by atoms with E-state index >= 15 is 0 Å². The van der Waals surface area contributed by atoms with Crippen LogP contribution in [0.15, 0.2) is 47.4 Å². The number of carbonyl (C=O) groups excluding carboxylic acids is 1. The van der Waals surface area contributed by atoms with Gasteiger partial charge in [-0.3, -0.25) is 4.79 Å². The Hall–Kier alpha value is -2.34. The lowest BCUT2D eigenvalue weighted by Gasteiger charge is -2.19. The molecule has 1 amide bonds. The fourth-order valence-corrected chi connectivity index (χ4v) is 3.14. The maximum Gasteiger partial charge on any atom is 0.237 e. The van der Waals surface area contributed by atoms with Crippen molar-refractivity contribution in [3.05, 3.63) is 42.5 Å². The smallest absolute Gasteiger partial charge is 0.237 e. The van der Waals surface area contributed by atoms with Crippen molar-refractivity contribution in [1.29, 1.82) is 0 Å². The van der Waals surface area contributed by atoms with Crippen molar-refractivity contribution in [2.45, 2.75) is 17.1 Å². The average molecular weight is 345 g/mol. The Balaban J connectivity index is 1.61. The van der Waals surface area contributed by atoms with E-state index in [4.69, 9.17) is 14.2 Å². The maximum absolute atomic E-state index is 12.4. The van der Waals surface area contributed by atoms with Crippen LogP contribution >= 0.6 is 11.8 Å². The van der Waals surface area contributed by atoms with Gasteiger partial charge in [-0.2, -0.15) is 0 Å². The summed E-state index contributed by atoms with van der Waals surface area (Å²) < 4.78 is 16.1. The molecule has 126 valence electrons. The first-order valence-corrected chi connectivity index (χ1v) is 8.55. The number of hydrogen-bond donors (Lipinski definition) is 1. The van der Waals surface area contributed by atoms with Crippen LogP contribution in [0.3, 0.4) is 0 Å². The second-order valence-electron chi connectivity index (χ2n) is 5.28. The van der Waals surface area contributed by atoms with Crippen LogP contribution in [-0.4, -0.2) is 31.5 Å².